The van der Waals surface area contributed by atoms with Crippen LogP contribution >= 0.6 is 11.6 Å². The van der Waals surface area contributed by atoms with Crippen LogP contribution in [0.25, 0.3) is 0 Å². The van der Waals surface area contributed by atoms with Gasteiger partial charge in [0, 0.05) is 25.4 Å². The topological polar surface area (TPSA) is 47.6 Å². The molecule has 0 aliphatic heterocycles. The Kier molecular flexibility index (Phi) is 5.95. The van der Waals surface area contributed by atoms with Gasteiger partial charge in [-0.1, -0.05) is 11.6 Å². The third-order valence-electron chi connectivity index (χ3n) is 2.54. The molecule has 0 bridgehead atoms. The molecule has 1 unspecified atom stereocenters. The maximum absolute atomic E-state index is 11.5. The van der Waals surface area contributed by atoms with E-state index in [4.69, 9.17) is 16.3 Å². The predicted molar refractivity (Wildman–Crippen MR) is 72.4 cm³/mol. The summed E-state index contributed by atoms with van der Waals surface area (Å²) in [6.45, 7) is 2.73. The zero-order valence-electron chi connectivity index (χ0n) is 10.8. The highest BCUT2D eigenvalue weighted by molar-refractivity contribution is 6.33. The Morgan fingerprint density at radius 1 is 1.44 bits per heavy atom. The van der Waals surface area contributed by atoms with Crippen molar-refractivity contribution in [2.75, 3.05) is 26.1 Å². The lowest BCUT2D eigenvalue weighted by Gasteiger charge is -2.15. The molecule has 100 valence electrons. The molecule has 1 rings (SSSR count). The Morgan fingerprint density at radius 3 is 2.78 bits per heavy atom. The Bertz CT molecular complexity index is 409. The number of methoxy groups -OCH3 is 2. The average Bonchev–Trinajstić information content (AvgIpc) is 2.37. The summed E-state index contributed by atoms with van der Waals surface area (Å²) >= 11 is 5.94. The molecule has 1 atom stereocenters. The molecule has 0 saturated heterocycles. The Balaban J connectivity index is 2.75. The van der Waals surface area contributed by atoms with Crippen molar-refractivity contribution in [1.29, 1.82) is 0 Å². The van der Waals surface area contributed by atoms with Crippen molar-refractivity contribution >= 4 is 23.3 Å². The summed E-state index contributed by atoms with van der Waals surface area (Å²) in [6.07, 6.45) is 0.882. The number of ether oxygens (including phenoxy) is 2. The van der Waals surface area contributed by atoms with Crippen LogP contribution in [-0.2, 0) is 9.47 Å². The first kappa shape index (κ1) is 14.8. The van der Waals surface area contributed by atoms with E-state index in [0.29, 0.717) is 17.2 Å². The van der Waals surface area contributed by atoms with Crippen molar-refractivity contribution in [3.8, 4) is 0 Å². The van der Waals surface area contributed by atoms with Crippen molar-refractivity contribution < 1.29 is 14.3 Å². The van der Waals surface area contributed by atoms with Crippen molar-refractivity contribution in [1.82, 2.24) is 0 Å². The molecule has 0 amide bonds. The second-order valence-electron chi connectivity index (χ2n) is 4.01. The first-order valence-corrected chi connectivity index (χ1v) is 6.09. The predicted octanol–water partition coefficient (Wildman–Crippen LogP) is 2.96. The molecular weight excluding hydrogens is 254 g/mol. The lowest BCUT2D eigenvalue weighted by Crippen LogP contribution is -2.17. The van der Waals surface area contributed by atoms with Crippen LogP contribution in [0.4, 0.5) is 5.69 Å². The van der Waals surface area contributed by atoms with E-state index in [-0.39, 0.29) is 6.04 Å². The van der Waals surface area contributed by atoms with E-state index >= 15 is 0 Å². The van der Waals surface area contributed by atoms with Crippen molar-refractivity contribution in [2.45, 2.75) is 19.4 Å². The number of hydrogen-bond acceptors (Lipinski definition) is 4. The second kappa shape index (κ2) is 7.24. The molecule has 0 radical (unpaired) electrons. The number of rotatable bonds is 6. The molecule has 0 aromatic heterocycles. The van der Waals surface area contributed by atoms with E-state index in [2.05, 4.69) is 10.1 Å². The van der Waals surface area contributed by atoms with Gasteiger partial charge in [-0.05, 0) is 31.5 Å². The number of carbonyl (C=O) groups excluding carboxylic acids is 1. The highest BCUT2D eigenvalue weighted by atomic mass is 35.5. The minimum absolute atomic E-state index is 0.247. The van der Waals surface area contributed by atoms with Crippen molar-refractivity contribution in [3.63, 3.8) is 0 Å². The molecule has 5 heteroatoms. The van der Waals surface area contributed by atoms with Gasteiger partial charge in [0.15, 0.2) is 0 Å². The standard InChI is InChI=1S/C13H18ClNO3/c1-9(6-7-17-2)15-10-4-5-12(14)11(8-10)13(16)18-3/h4-5,8-9,15H,6-7H2,1-3H3. The van der Waals surface area contributed by atoms with Gasteiger partial charge in [-0.25, -0.2) is 4.79 Å². The fraction of sp³-hybridized carbons (Fsp3) is 0.462. The summed E-state index contributed by atoms with van der Waals surface area (Å²) in [5.74, 6) is -0.437. The number of benzene rings is 1. The van der Waals surface area contributed by atoms with Gasteiger partial charge < -0.3 is 14.8 Å². The average molecular weight is 272 g/mol. The first-order chi connectivity index (χ1) is 8.58. The normalized spacial score (nSPS) is 12.0. The highest BCUT2D eigenvalue weighted by Crippen LogP contribution is 2.22. The van der Waals surface area contributed by atoms with Gasteiger partial charge in [-0.3, -0.25) is 0 Å². The fourth-order valence-electron chi connectivity index (χ4n) is 1.53. The maximum atomic E-state index is 11.5. The van der Waals surface area contributed by atoms with Crippen LogP contribution in [-0.4, -0.2) is 32.8 Å². The van der Waals surface area contributed by atoms with Crippen LogP contribution in [0.15, 0.2) is 18.2 Å². The summed E-state index contributed by atoms with van der Waals surface area (Å²) in [7, 11) is 3.00. The van der Waals surface area contributed by atoms with Gasteiger partial charge in [-0.2, -0.15) is 0 Å². The van der Waals surface area contributed by atoms with Gasteiger partial charge in [0.25, 0.3) is 0 Å². The Morgan fingerprint density at radius 2 is 2.17 bits per heavy atom. The van der Waals surface area contributed by atoms with Gasteiger partial charge >= 0.3 is 5.97 Å². The fourth-order valence-corrected chi connectivity index (χ4v) is 1.73. The third-order valence-corrected chi connectivity index (χ3v) is 2.87. The van der Waals surface area contributed by atoms with E-state index < -0.39 is 5.97 Å². The summed E-state index contributed by atoms with van der Waals surface area (Å²) in [6, 6.07) is 5.45. The zero-order valence-corrected chi connectivity index (χ0v) is 11.6. The Hall–Kier alpha value is -1.26. The zero-order chi connectivity index (χ0) is 13.5. The summed E-state index contributed by atoms with van der Waals surface area (Å²) in [5, 5.41) is 3.66. The van der Waals surface area contributed by atoms with Crippen molar-refractivity contribution in [2.24, 2.45) is 0 Å². The lowest BCUT2D eigenvalue weighted by atomic mass is 10.1. The largest absolute Gasteiger partial charge is 0.465 e. The smallest absolute Gasteiger partial charge is 0.339 e. The van der Waals surface area contributed by atoms with Crippen LogP contribution in [0.1, 0.15) is 23.7 Å². The molecule has 1 aromatic carbocycles. The van der Waals surface area contributed by atoms with E-state index in [1.54, 1.807) is 19.2 Å². The number of hydrogen-bond donors (Lipinski definition) is 1. The minimum atomic E-state index is -0.437. The van der Waals surface area contributed by atoms with Crippen LogP contribution in [0.5, 0.6) is 0 Å². The van der Waals surface area contributed by atoms with Gasteiger partial charge in [0.05, 0.1) is 17.7 Å². The maximum Gasteiger partial charge on any atom is 0.339 e. The third kappa shape index (κ3) is 4.20. The molecule has 0 fully saturated rings. The second-order valence-corrected chi connectivity index (χ2v) is 4.42. The Labute approximate surface area is 112 Å². The highest BCUT2D eigenvalue weighted by Gasteiger charge is 2.12. The summed E-state index contributed by atoms with van der Waals surface area (Å²) in [5.41, 5.74) is 1.20. The van der Waals surface area contributed by atoms with E-state index in [1.165, 1.54) is 7.11 Å². The lowest BCUT2D eigenvalue weighted by molar-refractivity contribution is 0.0601. The SMILES string of the molecule is COCCC(C)Nc1ccc(Cl)c(C(=O)OC)c1. The van der Waals surface area contributed by atoms with Crippen molar-refractivity contribution in [3.05, 3.63) is 28.8 Å². The number of esters is 1. The van der Waals surface area contributed by atoms with Crippen LogP contribution in [0, 0.1) is 0 Å². The number of nitrogens with one attached hydrogen (secondary N) is 1. The molecule has 0 aliphatic carbocycles. The van der Waals surface area contributed by atoms with Crippen LogP contribution < -0.4 is 5.32 Å². The van der Waals surface area contributed by atoms with Gasteiger partial charge in [-0.15, -0.1) is 0 Å². The molecule has 18 heavy (non-hydrogen) atoms. The number of carbonyl (C=O) groups is 1. The van der Waals surface area contributed by atoms with Crippen LogP contribution in [0.3, 0.4) is 0 Å². The molecular formula is C13H18ClNO3. The quantitative estimate of drug-likeness (QED) is 0.808. The number of halogens is 1. The molecule has 0 heterocycles. The van der Waals surface area contributed by atoms with Gasteiger partial charge in [0.2, 0.25) is 0 Å². The molecule has 0 aliphatic rings. The monoisotopic (exact) mass is 271 g/mol. The molecule has 1 aromatic rings. The first-order valence-electron chi connectivity index (χ1n) is 5.71. The summed E-state index contributed by atoms with van der Waals surface area (Å²) < 4.78 is 9.68. The minimum Gasteiger partial charge on any atom is -0.465 e. The molecule has 4 nitrogen and oxygen atoms in total. The van der Waals surface area contributed by atoms with Crippen LogP contribution in [0.2, 0.25) is 5.02 Å². The summed E-state index contributed by atoms with van der Waals surface area (Å²) in [4.78, 5) is 11.5. The van der Waals surface area contributed by atoms with E-state index in [0.717, 1.165) is 12.1 Å². The van der Waals surface area contributed by atoms with E-state index in [1.807, 2.05) is 13.0 Å². The number of anilines is 1. The van der Waals surface area contributed by atoms with Gasteiger partial charge in [0.1, 0.15) is 0 Å². The van der Waals surface area contributed by atoms with E-state index in [9.17, 15) is 4.79 Å². The molecule has 0 spiro atoms. The molecule has 1 N–H and O–H groups in total. The molecule has 0 saturated carbocycles.